The molecule has 8 nitrogen and oxygen atoms in total. The fourth-order valence-electron chi connectivity index (χ4n) is 4.45. The lowest BCUT2D eigenvalue weighted by atomic mass is 9.91. The summed E-state index contributed by atoms with van der Waals surface area (Å²) in [6.45, 7) is 2.79. The molecule has 3 aromatic carbocycles. The minimum absolute atomic E-state index is 0.120. The summed E-state index contributed by atoms with van der Waals surface area (Å²) in [6, 6.07) is 17.4. The van der Waals surface area contributed by atoms with Gasteiger partial charge in [0.2, 0.25) is 0 Å². The van der Waals surface area contributed by atoms with Crippen LogP contribution in [0.2, 0.25) is 0 Å². The third kappa shape index (κ3) is 5.63. The summed E-state index contributed by atoms with van der Waals surface area (Å²) >= 11 is 0. The van der Waals surface area contributed by atoms with E-state index in [2.05, 4.69) is 0 Å². The molecule has 1 aliphatic rings. The number of amides is 1. The van der Waals surface area contributed by atoms with E-state index in [-0.39, 0.29) is 24.5 Å². The van der Waals surface area contributed by atoms with Crippen LogP contribution >= 0.6 is 0 Å². The molecule has 0 aliphatic carbocycles. The van der Waals surface area contributed by atoms with Crippen molar-refractivity contribution < 1.29 is 33.3 Å². The summed E-state index contributed by atoms with van der Waals surface area (Å²) < 4.78 is 27.6. The molecule has 8 heteroatoms. The van der Waals surface area contributed by atoms with Crippen LogP contribution in [0, 0.1) is 0 Å². The van der Waals surface area contributed by atoms with Crippen LogP contribution in [-0.4, -0.2) is 57.9 Å². The molecule has 0 fully saturated rings. The van der Waals surface area contributed by atoms with Gasteiger partial charge in [-0.15, -0.1) is 0 Å². The summed E-state index contributed by atoms with van der Waals surface area (Å²) in [6.07, 6.45) is 0.663. The Kier molecular flexibility index (Phi) is 8.18. The maximum absolute atomic E-state index is 13.7. The number of benzene rings is 3. The van der Waals surface area contributed by atoms with Gasteiger partial charge in [-0.1, -0.05) is 6.07 Å². The molecule has 194 valence electrons. The molecule has 0 radical (unpaired) electrons. The highest BCUT2D eigenvalue weighted by molar-refractivity contribution is 5.95. The van der Waals surface area contributed by atoms with Crippen LogP contribution in [-0.2, 0) is 11.2 Å². The lowest BCUT2D eigenvalue weighted by molar-refractivity contribution is 0.0524. The van der Waals surface area contributed by atoms with Crippen LogP contribution in [0.1, 0.15) is 44.8 Å². The number of esters is 1. The molecular weight excluding hydrogens is 474 g/mol. The Hall–Kier alpha value is -4.20. The Balaban J connectivity index is 1.65. The zero-order chi connectivity index (χ0) is 26.4. The highest BCUT2D eigenvalue weighted by atomic mass is 16.5. The molecule has 0 N–H and O–H groups in total. The highest BCUT2D eigenvalue weighted by Crippen LogP contribution is 2.39. The van der Waals surface area contributed by atoms with Gasteiger partial charge in [0.1, 0.15) is 18.1 Å². The molecule has 37 heavy (non-hydrogen) atoms. The molecule has 0 saturated heterocycles. The largest absolute Gasteiger partial charge is 0.497 e. The molecule has 0 saturated carbocycles. The Morgan fingerprint density at radius 2 is 1.59 bits per heavy atom. The minimum atomic E-state index is -0.383. The van der Waals surface area contributed by atoms with Crippen molar-refractivity contribution in [2.45, 2.75) is 19.4 Å². The standard InChI is InChI=1S/C29H31NO7/c1-5-36-29(32)19-9-11-22(12-10-19)37-18-25-24-17-27(35-4)26(34-3)16-20(24)13-14-30(25)28(31)21-7-6-8-23(15-21)33-2/h6-12,15-17,25H,5,13-14,18H2,1-4H3/t25-/m0/s1. The third-order valence-electron chi connectivity index (χ3n) is 6.35. The average Bonchev–Trinajstić information content (AvgIpc) is 2.95. The van der Waals surface area contributed by atoms with Crippen molar-refractivity contribution in [3.8, 4) is 23.0 Å². The van der Waals surface area contributed by atoms with Crippen LogP contribution in [0.5, 0.6) is 23.0 Å². The molecular formula is C29H31NO7. The van der Waals surface area contributed by atoms with Crippen LogP contribution in [0.25, 0.3) is 0 Å². The molecule has 0 bridgehead atoms. The first-order chi connectivity index (χ1) is 18.0. The number of nitrogens with zero attached hydrogens (tertiary/aromatic N) is 1. The van der Waals surface area contributed by atoms with Gasteiger partial charge in [0.25, 0.3) is 5.91 Å². The Morgan fingerprint density at radius 3 is 2.27 bits per heavy atom. The lowest BCUT2D eigenvalue weighted by Gasteiger charge is -2.37. The molecule has 0 spiro atoms. The number of carbonyl (C=O) groups is 2. The second kappa shape index (κ2) is 11.7. The predicted octanol–water partition coefficient (Wildman–Crippen LogP) is 4.71. The lowest BCUT2D eigenvalue weighted by Crippen LogP contribution is -2.42. The minimum Gasteiger partial charge on any atom is -0.497 e. The van der Waals surface area contributed by atoms with Crippen LogP contribution in [0.3, 0.4) is 0 Å². The second-order valence-corrected chi connectivity index (χ2v) is 8.46. The van der Waals surface area contributed by atoms with Gasteiger partial charge in [-0.05, 0) is 79.1 Å². The van der Waals surface area contributed by atoms with Gasteiger partial charge < -0.3 is 28.6 Å². The topological polar surface area (TPSA) is 83.5 Å². The van der Waals surface area contributed by atoms with Gasteiger partial charge in [0.05, 0.1) is 39.5 Å². The van der Waals surface area contributed by atoms with Gasteiger partial charge in [-0.3, -0.25) is 4.79 Å². The van der Waals surface area contributed by atoms with Gasteiger partial charge in [-0.25, -0.2) is 4.79 Å². The van der Waals surface area contributed by atoms with Crippen molar-refractivity contribution in [2.75, 3.05) is 41.1 Å². The maximum Gasteiger partial charge on any atom is 0.338 e. The Labute approximate surface area is 216 Å². The van der Waals surface area contributed by atoms with Gasteiger partial charge in [-0.2, -0.15) is 0 Å². The number of methoxy groups -OCH3 is 3. The van der Waals surface area contributed by atoms with E-state index >= 15 is 0 Å². The van der Waals surface area contributed by atoms with E-state index in [4.69, 9.17) is 23.7 Å². The van der Waals surface area contributed by atoms with Crippen molar-refractivity contribution in [1.82, 2.24) is 4.90 Å². The summed E-state index contributed by atoms with van der Waals surface area (Å²) in [5, 5.41) is 0. The average molecular weight is 506 g/mol. The normalized spacial score (nSPS) is 14.4. The van der Waals surface area contributed by atoms with E-state index < -0.39 is 0 Å². The van der Waals surface area contributed by atoms with E-state index in [0.717, 1.165) is 11.1 Å². The quantitative estimate of drug-likeness (QED) is 0.390. The zero-order valence-corrected chi connectivity index (χ0v) is 21.5. The number of hydrogen-bond acceptors (Lipinski definition) is 7. The van der Waals surface area contributed by atoms with E-state index in [0.29, 0.717) is 53.7 Å². The SMILES string of the molecule is CCOC(=O)c1ccc(OC[C@H]2c3cc(OC)c(OC)cc3CCN2C(=O)c2cccc(OC)c2)cc1. The molecule has 3 aromatic rings. The molecule has 1 heterocycles. The summed E-state index contributed by atoms with van der Waals surface area (Å²) in [7, 11) is 4.76. The van der Waals surface area contributed by atoms with Crippen LogP contribution < -0.4 is 18.9 Å². The number of carbonyl (C=O) groups excluding carboxylic acids is 2. The van der Waals surface area contributed by atoms with Crippen molar-refractivity contribution in [1.29, 1.82) is 0 Å². The number of fused-ring (bicyclic) bond motifs is 1. The summed E-state index contributed by atoms with van der Waals surface area (Å²) in [5.74, 6) is 1.92. The maximum atomic E-state index is 13.7. The molecule has 4 rings (SSSR count). The summed E-state index contributed by atoms with van der Waals surface area (Å²) in [4.78, 5) is 27.5. The number of rotatable bonds is 9. The molecule has 0 unspecified atom stereocenters. The van der Waals surface area contributed by atoms with E-state index in [1.165, 1.54) is 0 Å². The van der Waals surface area contributed by atoms with Crippen molar-refractivity contribution >= 4 is 11.9 Å². The first-order valence-corrected chi connectivity index (χ1v) is 12.1. The summed E-state index contributed by atoms with van der Waals surface area (Å²) in [5.41, 5.74) is 2.98. The fourth-order valence-corrected chi connectivity index (χ4v) is 4.45. The monoisotopic (exact) mass is 505 g/mol. The Morgan fingerprint density at radius 1 is 0.865 bits per heavy atom. The first-order valence-electron chi connectivity index (χ1n) is 12.1. The zero-order valence-electron chi connectivity index (χ0n) is 21.5. The Bertz CT molecular complexity index is 1260. The molecule has 1 amide bonds. The van der Waals surface area contributed by atoms with Gasteiger partial charge >= 0.3 is 5.97 Å². The molecule has 1 atom stereocenters. The smallest absolute Gasteiger partial charge is 0.338 e. The van der Waals surface area contributed by atoms with Crippen LogP contribution in [0.4, 0.5) is 0 Å². The van der Waals surface area contributed by atoms with E-state index in [1.807, 2.05) is 17.0 Å². The van der Waals surface area contributed by atoms with Crippen molar-refractivity contribution in [2.24, 2.45) is 0 Å². The first kappa shape index (κ1) is 25.9. The second-order valence-electron chi connectivity index (χ2n) is 8.46. The molecule has 0 aromatic heterocycles. The fraction of sp³-hybridized carbons (Fsp3) is 0.310. The predicted molar refractivity (Wildman–Crippen MR) is 138 cm³/mol. The highest BCUT2D eigenvalue weighted by Gasteiger charge is 2.33. The van der Waals surface area contributed by atoms with E-state index in [9.17, 15) is 9.59 Å². The van der Waals surface area contributed by atoms with Gasteiger partial charge in [0.15, 0.2) is 11.5 Å². The number of hydrogen-bond donors (Lipinski definition) is 0. The van der Waals surface area contributed by atoms with Crippen molar-refractivity contribution in [3.05, 3.63) is 82.9 Å². The number of ether oxygens (including phenoxy) is 5. The van der Waals surface area contributed by atoms with E-state index in [1.54, 1.807) is 76.8 Å². The van der Waals surface area contributed by atoms with Crippen molar-refractivity contribution in [3.63, 3.8) is 0 Å². The third-order valence-corrected chi connectivity index (χ3v) is 6.35. The van der Waals surface area contributed by atoms with Crippen LogP contribution in [0.15, 0.2) is 60.7 Å². The molecule has 1 aliphatic heterocycles. The van der Waals surface area contributed by atoms with Gasteiger partial charge in [0, 0.05) is 12.1 Å².